The molecular weight excluding hydrogens is 308 g/mol. The molecule has 0 fully saturated rings. The van der Waals surface area contributed by atoms with Crippen LogP contribution in [0.2, 0.25) is 5.02 Å². The van der Waals surface area contributed by atoms with Gasteiger partial charge >= 0.3 is 6.18 Å². The Morgan fingerprint density at radius 3 is 2.44 bits per heavy atom. The molecule has 0 aliphatic rings. The fourth-order valence-electron chi connectivity index (χ4n) is 1.23. The number of hydrogen-bond donors (Lipinski definition) is 1. The smallest absolute Gasteiger partial charge is 0.388 e. The monoisotopic (exact) mass is 316 g/mol. The van der Waals surface area contributed by atoms with Crippen LogP contribution in [0.5, 0.6) is 0 Å². The molecule has 90 valence electrons. The highest BCUT2D eigenvalue weighted by atomic mass is 79.9. The Bertz CT molecular complexity index is 347. The van der Waals surface area contributed by atoms with Gasteiger partial charge in [0.1, 0.15) is 0 Å². The molecule has 0 radical (unpaired) electrons. The van der Waals surface area contributed by atoms with Crippen LogP contribution < -0.4 is 0 Å². The van der Waals surface area contributed by atoms with Crippen LogP contribution >= 0.6 is 27.5 Å². The van der Waals surface area contributed by atoms with Gasteiger partial charge in [0, 0.05) is 15.9 Å². The second-order valence-electron chi connectivity index (χ2n) is 3.37. The number of halogens is 5. The third-order valence-electron chi connectivity index (χ3n) is 1.97. The Balaban J connectivity index is 2.69. The zero-order chi connectivity index (χ0) is 12.3. The lowest BCUT2D eigenvalue weighted by Crippen LogP contribution is -2.10. The zero-order valence-corrected chi connectivity index (χ0v) is 10.4. The first-order valence-electron chi connectivity index (χ1n) is 4.49. The van der Waals surface area contributed by atoms with E-state index in [0.717, 1.165) is 0 Å². The van der Waals surface area contributed by atoms with Crippen molar-refractivity contribution in [1.82, 2.24) is 0 Å². The number of benzene rings is 1. The number of aliphatic hydroxyl groups excluding tert-OH is 1. The van der Waals surface area contributed by atoms with Crippen LogP contribution in [0, 0.1) is 0 Å². The molecule has 1 N–H and O–H groups in total. The maximum Gasteiger partial charge on any atom is 0.389 e. The molecule has 0 amide bonds. The summed E-state index contributed by atoms with van der Waals surface area (Å²) in [5, 5.41) is 9.92. The molecule has 0 bridgehead atoms. The average Bonchev–Trinajstić information content (AvgIpc) is 2.11. The van der Waals surface area contributed by atoms with Crippen LogP contribution in [0.4, 0.5) is 13.2 Å². The van der Waals surface area contributed by atoms with Crippen molar-refractivity contribution in [3.05, 3.63) is 33.3 Å². The summed E-state index contributed by atoms with van der Waals surface area (Å²) in [5.74, 6) is 0. The lowest BCUT2D eigenvalue weighted by molar-refractivity contribution is -0.140. The fraction of sp³-hybridized carbons (Fsp3) is 0.400. The van der Waals surface area contributed by atoms with Crippen molar-refractivity contribution >= 4 is 27.5 Å². The highest BCUT2D eigenvalue weighted by Crippen LogP contribution is 2.30. The van der Waals surface area contributed by atoms with E-state index >= 15 is 0 Å². The standard InChI is InChI=1S/C10H9BrClF3O/c11-7-3-6(4-8(12)5-7)9(16)1-2-10(13,14)15/h3-5,9,16H,1-2H2. The molecule has 1 aromatic carbocycles. The molecular formula is C10H9BrClF3O. The quantitative estimate of drug-likeness (QED) is 0.871. The molecule has 0 aromatic heterocycles. The van der Waals surface area contributed by atoms with Crippen molar-refractivity contribution in [1.29, 1.82) is 0 Å². The van der Waals surface area contributed by atoms with Gasteiger partial charge in [-0.25, -0.2) is 0 Å². The molecule has 0 spiro atoms. The summed E-state index contributed by atoms with van der Waals surface area (Å²) in [4.78, 5) is 0. The summed E-state index contributed by atoms with van der Waals surface area (Å²) in [6.45, 7) is 0. The molecule has 0 heterocycles. The molecule has 1 unspecified atom stereocenters. The Morgan fingerprint density at radius 1 is 1.31 bits per heavy atom. The first-order valence-corrected chi connectivity index (χ1v) is 5.66. The molecule has 1 aromatic rings. The molecule has 1 atom stereocenters. The predicted molar refractivity (Wildman–Crippen MR) is 59.4 cm³/mol. The number of rotatable bonds is 3. The van der Waals surface area contributed by atoms with Gasteiger partial charge in [0.15, 0.2) is 0 Å². The molecule has 0 aliphatic heterocycles. The van der Waals surface area contributed by atoms with Crippen molar-refractivity contribution in [3.63, 3.8) is 0 Å². The number of aliphatic hydroxyl groups is 1. The van der Waals surface area contributed by atoms with Gasteiger partial charge in [-0.1, -0.05) is 27.5 Å². The molecule has 6 heteroatoms. The minimum Gasteiger partial charge on any atom is -0.388 e. The summed E-state index contributed by atoms with van der Waals surface area (Å²) in [6.07, 6.45) is -6.79. The molecule has 0 saturated carbocycles. The van der Waals surface area contributed by atoms with Crippen molar-refractivity contribution in [2.24, 2.45) is 0 Å². The van der Waals surface area contributed by atoms with E-state index in [4.69, 9.17) is 11.6 Å². The first-order chi connectivity index (χ1) is 7.28. The van der Waals surface area contributed by atoms with E-state index in [1.54, 1.807) is 12.1 Å². The van der Waals surface area contributed by atoms with Crippen molar-refractivity contribution in [3.8, 4) is 0 Å². The van der Waals surface area contributed by atoms with E-state index in [1.807, 2.05) is 0 Å². The van der Waals surface area contributed by atoms with Crippen molar-refractivity contribution < 1.29 is 18.3 Å². The lowest BCUT2D eigenvalue weighted by Gasteiger charge is -2.13. The van der Waals surface area contributed by atoms with Crippen LogP contribution in [0.1, 0.15) is 24.5 Å². The van der Waals surface area contributed by atoms with Crippen LogP contribution in [0.15, 0.2) is 22.7 Å². The van der Waals surface area contributed by atoms with Crippen LogP contribution in [0.25, 0.3) is 0 Å². The Labute approximate surface area is 104 Å². The van der Waals surface area contributed by atoms with Crippen molar-refractivity contribution in [2.45, 2.75) is 25.1 Å². The van der Waals surface area contributed by atoms with Gasteiger partial charge < -0.3 is 5.11 Å². The second-order valence-corrected chi connectivity index (χ2v) is 4.72. The van der Waals surface area contributed by atoms with Gasteiger partial charge in [0.05, 0.1) is 6.10 Å². The third-order valence-corrected chi connectivity index (χ3v) is 2.65. The molecule has 0 aliphatic carbocycles. The van der Waals surface area contributed by atoms with Gasteiger partial charge in [-0.05, 0) is 30.2 Å². The highest BCUT2D eigenvalue weighted by molar-refractivity contribution is 9.10. The SMILES string of the molecule is OC(CCC(F)(F)F)c1cc(Cl)cc(Br)c1. The minimum atomic E-state index is -4.25. The van der Waals surface area contributed by atoms with E-state index in [2.05, 4.69) is 15.9 Å². The summed E-state index contributed by atoms with van der Waals surface area (Å²) in [6, 6.07) is 4.60. The minimum absolute atomic E-state index is 0.365. The normalized spacial score (nSPS) is 13.9. The molecule has 1 rings (SSSR count). The molecule has 0 saturated heterocycles. The topological polar surface area (TPSA) is 20.2 Å². The average molecular weight is 318 g/mol. The van der Waals surface area contributed by atoms with E-state index < -0.39 is 18.7 Å². The Hall–Kier alpha value is -0.260. The maximum absolute atomic E-state index is 11.9. The third kappa shape index (κ3) is 4.72. The first kappa shape index (κ1) is 13.8. The van der Waals surface area contributed by atoms with Crippen molar-refractivity contribution in [2.75, 3.05) is 0 Å². The zero-order valence-electron chi connectivity index (χ0n) is 8.06. The number of hydrogen-bond acceptors (Lipinski definition) is 1. The van der Waals surface area contributed by atoms with E-state index in [-0.39, 0.29) is 6.42 Å². The lowest BCUT2D eigenvalue weighted by atomic mass is 10.1. The fourth-order valence-corrected chi connectivity index (χ4v) is 2.12. The van der Waals surface area contributed by atoms with Gasteiger partial charge in [-0.15, -0.1) is 0 Å². The van der Waals surface area contributed by atoms with Gasteiger partial charge in [-0.2, -0.15) is 13.2 Å². The Kier molecular flexibility index (Phi) is 4.64. The van der Waals surface area contributed by atoms with Crippen LogP contribution in [-0.4, -0.2) is 11.3 Å². The molecule has 16 heavy (non-hydrogen) atoms. The largest absolute Gasteiger partial charge is 0.389 e. The van der Waals surface area contributed by atoms with E-state index in [0.29, 0.717) is 15.1 Å². The summed E-state index contributed by atoms with van der Waals surface area (Å²) in [5.41, 5.74) is 0.378. The number of alkyl halides is 3. The Morgan fingerprint density at radius 2 is 1.94 bits per heavy atom. The van der Waals surface area contributed by atoms with E-state index in [9.17, 15) is 18.3 Å². The van der Waals surface area contributed by atoms with Gasteiger partial charge in [0.25, 0.3) is 0 Å². The van der Waals surface area contributed by atoms with Crippen LogP contribution in [-0.2, 0) is 0 Å². The van der Waals surface area contributed by atoms with E-state index in [1.165, 1.54) is 6.07 Å². The predicted octanol–water partition coefficient (Wildman–Crippen LogP) is 4.48. The summed E-state index contributed by atoms with van der Waals surface area (Å²) < 4.78 is 36.5. The summed E-state index contributed by atoms with van der Waals surface area (Å²) >= 11 is 8.88. The van der Waals surface area contributed by atoms with Gasteiger partial charge in [-0.3, -0.25) is 0 Å². The molecule has 1 nitrogen and oxygen atoms in total. The second kappa shape index (κ2) is 5.38. The van der Waals surface area contributed by atoms with Gasteiger partial charge in [0.2, 0.25) is 0 Å². The van der Waals surface area contributed by atoms with Crippen LogP contribution in [0.3, 0.4) is 0 Å². The highest BCUT2D eigenvalue weighted by Gasteiger charge is 2.28. The maximum atomic E-state index is 11.9. The summed E-state index contributed by atoms with van der Waals surface area (Å²) in [7, 11) is 0.